The van der Waals surface area contributed by atoms with E-state index in [1.165, 1.54) is 11.3 Å². The molecule has 0 saturated carbocycles. The number of fused-ring (bicyclic) bond motifs is 1. The van der Waals surface area contributed by atoms with Crippen molar-refractivity contribution < 1.29 is 9.53 Å². The molecule has 0 spiro atoms. The molecule has 0 fully saturated rings. The van der Waals surface area contributed by atoms with Crippen molar-refractivity contribution in [2.45, 2.75) is 26.8 Å². The normalized spacial score (nSPS) is 12.7. The molecule has 140 valence electrons. The largest absolute Gasteiger partial charge is 0.496 e. The minimum absolute atomic E-state index is 0.236. The number of anilines is 1. The van der Waals surface area contributed by atoms with Crippen LogP contribution in [0.3, 0.4) is 0 Å². The molecular formula is C20H22N4O2S. The zero-order chi connectivity index (χ0) is 19.4. The molecule has 0 aliphatic carbocycles. The van der Waals surface area contributed by atoms with Gasteiger partial charge in [0.25, 0.3) is 5.91 Å². The SMILES string of the molecule is COc1ccc(C)cc1/C(C)=N\NC(=O)[C@H](C)Nc1nc2ccccc2s1. The van der Waals surface area contributed by atoms with Crippen LogP contribution in [0.25, 0.3) is 10.2 Å². The average Bonchev–Trinajstić information content (AvgIpc) is 3.07. The highest BCUT2D eigenvalue weighted by molar-refractivity contribution is 7.22. The van der Waals surface area contributed by atoms with Gasteiger partial charge in [-0.25, -0.2) is 10.4 Å². The second-order valence-electron chi connectivity index (χ2n) is 6.23. The third-order valence-corrected chi connectivity index (χ3v) is 5.07. The quantitative estimate of drug-likeness (QED) is 0.500. The minimum atomic E-state index is -0.471. The number of carbonyl (C=O) groups is 1. The van der Waals surface area contributed by atoms with E-state index in [9.17, 15) is 4.79 Å². The molecule has 1 amide bonds. The van der Waals surface area contributed by atoms with Crippen molar-refractivity contribution in [3.05, 3.63) is 53.6 Å². The number of thiazole rings is 1. The van der Waals surface area contributed by atoms with E-state index in [0.29, 0.717) is 10.8 Å². The van der Waals surface area contributed by atoms with Gasteiger partial charge in [-0.3, -0.25) is 4.79 Å². The molecule has 0 unspecified atom stereocenters. The molecule has 27 heavy (non-hydrogen) atoms. The number of aromatic nitrogens is 1. The van der Waals surface area contributed by atoms with Gasteiger partial charge in [0.1, 0.15) is 11.8 Å². The van der Waals surface area contributed by atoms with Crippen LogP contribution in [0.5, 0.6) is 5.75 Å². The van der Waals surface area contributed by atoms with Crippen molar-refractivity contribution in [1.82, 2.24) is 10.4 Å². The standard InChI is InChI=1S/C20H22N4O2S/c1-12-9-10-17(26-4)15(11-12)13(2)23-24-19(25)14(3)21-20-22-16-7-5-6-8-18(16)27-20/h5-11,14H,1-4H3,(H,21,22)(H,24,25)/b23-13-/t14-/m0/s1. The number of nitrogens with zero attached hydrogens (tertiary/aromatic N) is 2. The fourth-order valence-electron chi connectivity index (χ4n) is 2.59. The molecule has 3 aromatic rings. The number of amides is 1. The predicted molar refractivity (Wildman–Crippen MR) is 111 cm³/mol. The van der Waals surface area contributed by atoms with E-state index in [2.05, 4.69) is 20.8 Å². The molecule has 6 nitrogen and oxygen atoms in total. The Balaban J connectivity index is 1.67. The summed E-state index contributed by atoms with van der Waals surface area (Å²) in [5.41, 5.74) is 6.15. The van der Waals surface area contributed by atoms with Gasteiger partial charge in [0.05, 0.1) is 23.0 Å². The third kappa shape index (κ3) is 4.43. The number of rotatable bonds is 6. The van der Waals surface area contributed by atoms with Crippen LogP contribution >= 0.6 is 11.3 Å². The van der Waals surface area contributed by atoms with E-state index in [-0.39, 0.29) is 5.91 Å². The molecular weight excluding hydrogens is 360 g/mol. The summed E-state index contributed by atoms with van der Waals surface area (Å²) >= 11 is 1.52. The molecule has 7 heteroatoms. The van der Waals surface area contributed by atoms with E-state index >= 15 is 0 Å². The maximum atomic E-state index is 12.4. The molecule has 2 aromatic carbocycles. The Morgan fingerprint density at radius 1 is 1.26 bits per heavy atom. The maximum absolute atomic E-state index is 12.4. The number of hydrazone groups is 1. The van der Waals surface area contributed by atoms with Gasteiger partial charge in [-0.15, -0.1) is 0 Å². The second kappa shape index (κ2) is 8.18. The predicted octanol–water partition coefficient (Wildman–Crippen LogP) is 3.95. The fraction of sp³-hybridized carbons (Fsp3) is 0.250. The van der Waals surface area contributed by atoms with E-state index in [0.717, 1.165) is 27.1 Å². The Bertz CT molecular complexity index is 964. The van der Waals surface area contributed by atoms with Crippen molar-refractivity contribution in [2.24, 2.45) is 5.10 Å². The first-order valence-electron chi connectivity index (χ1n) is 8.59. The second-order valence-corrected chi connectivity index (χ2v) is 7.26. The summed E-state index contributed by atoms with van der Waals surface area (Å²) in [6, 6.07) is 13.2. The lowest BCUT2D eigenvalue weighted by Crippen LogP contribution is -2.35. The number of nitrogens with one attached hydrogen (secondary N) is 2. The Kier molecular flexibility index (Phi) is 5.71. The van der Waals surface area contributed by atoms with E-state index in [4.69, 9.17) is 4.74 Å². The molecule has 0 radical (unpaired) electrons. The molecule has 1 heterocycles. The molecule has 0 bridgehead atoms. The number of hydrogen-bond acceptors (Lipinski definition) is 6. The lowest BCUT2D eigenvalue weighted by Gasteiger charge is -2.12. The van der Waals surface area contributed by atoms with Crippen LogP contribution in [0.1, 0.15) is 25.0 Å². The van der Waals surface area contributed by atoms with E-state index in [1.807, 2.05) is 56.3 Å². The van der Waals surface area contributed by atoms with Gasteiger partial charge in [0, 0.05) is 5.56 Å². The Morgan fingerprint density at radius 2 is 2.04 bits per heavy atom. The Hall–Kier alpha value is -2.93. The van der Waals surface area contributed by atoms with E-state index < -0.39 is 6.04 Å². The van der Waals surface area contributed by atoms with Gasteiger partial charge >= 0.3 is 0 Å². The summed E-state index contributed by atoms with van der Waals surface area (Å²) in [6.07, 6.45) is 0. The van der Waals surface area contributed by atoms with Gasteiger partial charge in [-0.05, 0) is 45.0 Å². The molecule has 2 N–H and O–H groups in total. The molecule has 1 aromatic heterocycles. The molecule has 3 rings (SSSR count). The molecule has 0 aliphatic rings. The smallest absolute Gasteiger partial charge is 0.262 e. The summed E-state index contributed by atoms with van der Waals surface area (Å²) in [7, 11) is 1.62. The van der Waals surface area contributed by atoms with Gasteiger partial charge < -0.3 is 10.1 Å². The van der Waals surface area contributed by atoms with Crippen LogP contribution in [0.4, 0.5) is 5.13 Å². The van der Waals surface area contributed by atoms with Gasteiger partial charge in [0.2, 0.25) is 0 Å². The van der Waals surface area contributed by atoms with Gasteiger partial charge in [-0.2, -0.15) is 5.10 Å². The zero-order valence-electron chi connectivity index (χ0n) is 15.7. The topological polar surface area (TPSA) is 75.6 Å². The lowest BCUT2D eigenvalue weighted by atomic mass is 10.1. The fourth-order valence-corrected chi connectivity index (χ4v) is 3.54. The number of para-hydroxylation sites is 1. The van der Waals surface area contributed by atoms with Crippen LogP contribution in [0, 0.1) is 6.92 Å². The van der Waals surface area contributed by atoms with Crippen LogP contribution in [0.15, 0.2) is 47.6 Å². The van der Waals surface area contributed by atoms with Crippen molar-refractivity contribution >= 4 is 38.3 Å². The molecule has 1 atom stereocenters. The summed E-state index contributed by atoms with van der Waals surface area (Å²) < 4.78 is 6.45. The number of ether oxygens (including phenoxy) is 1. The third-order valence-electron chi connectivity index (χ3n) is 4.11. The van der Waals surface area contributed by atoms with Crippen molar-refractivity contribution in [1.29, 1.82) is 0 Å². The summed E-state index contributed by atoms with van der Waals surface area (Å²) in [6.45, 7) is 5.61. The van der Waals surface area contributed by atoms with Crippen molar-refractivity contribution in [2.75, 3.05) is 12.4 Å². The average molecular weight is 382 g/mol. The molecule has 0 saturated heterocycles. The number of aryl methyl sites for hydroxylation is 1. The first kappa shape index (κ1) is 18.8. The lowest BCUT2D eigenvalue weighted by molar-refractivity contribution is -0.121. The summed E-state index contributed by atoms with van der Waals surface area (Å²) in [5.74, 6) is 0.483. The number of methoxy groups -OCH3 is 1. The summed E-state index contributed by atoms with van der Waals surface area (Å²) in [4.78, 5) is 16.9. The van der Waals surface area contributed by atoms with Crippen LogP contribution in [-0.4, -0.2) is 29.8 Å². The van der Waals surface area contributed by atoms with Crippen LogP contribution in [-0.2, 0) is 4.79 Å². The number of hydrogen-bond donors (Lipinski definition) is 2. The minimum Gasteiger partial charge on any atom is -0.496 e. The highest BCUT2D eigenvalue weighted by Crippen LogP contribution is 2.25. The maximum Gasteiger partial charge on any atom is 0.262 e. The number of benzene rings is 2. The monoisotopic (exact) mass is 382 g/mol. The van der Waals surface area contributed by atoms with Crippen molar-refractivity contribution in [3.63, 3.8) is 0 Å². The Morgan fingerprint density at radius 3 is 2.78 bits per heavy atom. The highest BCUT2D eigenvalue weighted by atomic mass is 32.1. The van der Waals surface area contributed by atoms with Gasteiger partial charge in [0.15, 0.2) is 5.13 Å². The van der Waals surface area contributed by atoms with Gasteiger partial charge in [-0.1, -0.05) is 35.1 Å². The molecule has 0 aliphatic heterocycles. The number of carbonyl (C=O) groups excluding carboxylic acids is 1. The van der Waals surface area contributed by atoms with E-state index in [1.54, 1.807) is 14.0 Å². The first-order chi connectivity index (χ1) is 13.0. The van der Waals surface area contributed by atoms with Crippen molar-refractivity contribution in [3.8, 4) is 5.75 Å². The van der Waals surface area contributed by atoms with Crippen LogP contribution in [0.2, 0.25) is 0 Å². The first-order valence-corrected chi connectivity index (χ1v) is 9.41. The highest BCUT2D eigenvalue weighted by Gasteiger charge is 2.15. The zero-order valence-corrected chi connectivity index (χ0v) is 16.6. The van der Waals surface area contributed by atoms with Crippen LogP contribution < -0.4 is 15.5 Å². The Labute approximate surface area is 162 Å². The summed E-state index contributed by atoms with van der Waals surface area (Å²) in [5, 5.41) is 8.07.